The normalized spacial score (nSPS) is 11.3. The van der Waals surface area contributed by atoms with Crippen LogP contribution in [0.4, 0.5) is 17.6 Å². The number of nitrogens with one attached hydrogen (secondary N) is 1. The highest BCUT2D eigenvalue weighted by Gasteiger charge is 2.24. The molecule has 1 aromatic carbocycles. The molecule has 0 aliphatic carbocycles. The Morgan fingerprint density at radius 1 is 1.29 bits per heavy atom. The lowest BCUT2D eigenvalue weighted by Crippen LogP contribution is -2.30. The van der Waals surface area contributed by atoms with Crippen molar-refractivity contribution in [3.63, 3.8) is 0 Å². The first kappa shape index (κ1) is 17.4. The molecule has 1 rings (SSSR count). The Kier molecular flexibility index (Phi) is 6.14. The zero-order chi connectivity index (χ0) is 16.0. The van der Waals surface area contributed by atoms with Crippen LogP contribution >= 0.6 is 0 Å². The van der Waals surface area contributed by atoms with Gasteiger partial charge in [-0.15, -0.1) is 0 Å². The van der Waals surface area contributed by atoms with E-state index in [9.17, 15) is 26.0 Å². The quantitative estimate of drug-likeness (QED) is 0.632. The molecule has 0 radical (unpaired) electrons. The van der Waals surface area contributed by atoms with Crippen molar-refractivity contribution in [1.82, 2.24) is 4.72 Å². The first-order valence-electron chi connectivity index (χ1n) is 5.64. The predicted molar refractivity (Wildman–Crippen MR) is 66.1 cm³/mol. The molecule has 21 heavy (non-hydrogen) atoms. The van der Waals surface area contributed by atoms with E-state index in [-0.39, 0.29) is 13.0 Å². The number of hydrogen-bond acceptors (Lipinski definition) is 3. The Bertz CT molecular complexity index is 665. The highest BCUT2D eigenvalue weighted by atomic mass is 32.2. The summed E-state index contributed by atoms with van der Waals surface area (Å²) in [6, 6.07) is 0.985. The fraction of sp³-hybridized carbons (Fsp3) is 0.333. The van der Waals surface area contributed by atoms with E-state index in [0.29, 0.717) is 12.1 Å². The van der Waals surface area contributed by atoms with E-state index >= 15 is 0 Å². The van der Waals surface area contributed by atoms with Gasteiger partial charge < -0.3 is 5.11 Å². The van der Waals surface area contributed by atoms with Crippen molar-refractivity contribution in [1.29, 1.82) is 0 Å². The van der Waals surface area contributed by atoms with Gasteiger partial charge in [0, 0.05) is 12.5 Å². The number of benzene rings is 1. The topological polar surface area (TPSA) is 66.4 Å². The van der Waals surface area contributed by atoms with Crippen LogP contribution in [-0.4, -0.2) is 33.1 Å². The van der Waals surface area contributed by atoms with Crippen molar-refractivity contribution >= 4 is 10.0 Å². The van der Waals surface area contributed by atoms with Crippen LogP contribution in [0.3, 0.4) is 0 Å². The molecule has 4 nitrogen and oxygen atoms in total. The molecule has 0 amide bonds. The Hall–Kier alpha value is -1.63. The molecule has 116 valence electrons. The number of aliphatic hydroxyl groups excluding tert-OH is 1. The van der Waals surface area contributed by atoms with Crippen molar-refractivity contribution in [2.45, 2.75) is 17.7 Å². The number of hydrogen-bond donors (Lipinski definition) is 2. The molecule has 0 unspecified atom stereocenters. The number of rotatable bonds is 5. The summed E-state index contributed by atoms with van der Waals surface area (Å²) in [4.78, 5) is -1.00. The molecule has 0 spiro atoms. The average Bonchev–Trinajstić information content (AvgIpc) is 2.35. The SMILES string of the molecule is O=S(=O)(NCC(F)F)c1c(F)cc(F)cc1C#CCCO. The van der Waals surface area contributed by atoms with Gasteiger partial charge >= 0.3 is 0 Å². The average molecular weight is 325 g/mol. The number of sulfonamides is 1. The summed E-state index contributed by atoms with van der Waals surface area (Å²) in [7, 11) is -4.61. The molecule has 0 aromatic heterocycles. The monoisotopic (exact) mass is 325 g/mol. The van der Waals surface area contributed by atoms with Crippen LogP contribution in [0.15, 0.2) is 17.0 Å². The third-order valence-corrected chi connectivity index (χ3v) is 3.66. The highest BCUT2D eigenvalue weighted by molar-refractivity contribution is 7.89. The van der Waals surface area contributed by atoms with Gasteiger partial charge in [-0.25, -0.2) is 30.7 Å². The maximum Gasteiger partial charge on any atom is 0.251 e. The Balaban J connectivity index is 3.31. The molecule has 0 aliphatic rings. The van der Waals surface area contributed by atoms with Crippen molar-refractivity contribution in [3.8, 4) is 11.8 Å². The van der Waals surface area contributed by atoms with Gasteiger partial charge in [0.25, 0.3) is 6.43 Å². The van der Waals surface area contributed by atoms with Crippen molar-refractivity contribution in [3.05, 3.63) is 29.3 Å². The van der Waals surface area contributed by atoms with E-state index in [1.165, 1.54) is 4.72 Å². The molecule has 0 bridgehead atoms. The molecular formula is C12H11F4NO3S. The number of aliphatic hydroxyl groups is 1. The second-order valence-electron chi connectivity index (χ2n) is 3.78. The lowest BCUT2D eigenvalue weighted by Gasteiger charge is -2.09. The van der Waals surface area contributed by atoms with Gasteiger partial charge in [-0.1, -0.05) is 11.8 Å². The van der Waals surface area contributed by atoms with E-state index in [2.05, 4.69) is 11.8 Å². The standard InChI is InChI=1S/C12H11F4NO3S/c13-9-5-8(3-1-2-4-18)12(10(14)6-9)21(19,20)17-7-11(15)16/h5-6,11,17-18H,2,4,7H2. The number of halogens is 4. The van der Waals surface area contributed by atoms with Gasteiger partial charge in [0.1, 0.15) is 16.5 Å². The second-order valence-corrected chi connectivity index (χ2v) is 5.49. The van der Waals surface area contributed by atoms with Gasteiger partial charge in [0.2, 0.25) is 10.0 Å². The fourth-order valence-corrected chi connectivity index (χ4v) is 2.59. The maximum atomic E-state index is 13.7. The van der Waals surface area contributed by atoms with Crippen LogP contribution in [0.5, 0.6) is 0 Å². The zero-order valence-electron chi connectivity index (χ0n) is 10.5. The molecule has 0 atom stereocenters. The lowest BCUT2D eigenvalue weighted by molar-refractivity contribution is 0.153. The first-order valence-corrected chi connectivity index (χ1v) is 7.13. The smallest absolute Gasteiger partial charge is 0.251 e. The maximum absolute atomic E-state index is 13.7. The molecule has 9 heteroatoms. The molecule has 0 saturated carbocycles. The Labute approximate surface area is 118 Å². The lowest BCUT2D eigenvalue weighted by atomic mass is 10.2. The summed E-state index contributed by atoms with van der Waals surface area (Å²) < 4.78 is 76.0. The summed E-state index contributed by atoms with van der Waals surface area (Å²) in [6.45, 7) is -1.53. The third-order valence-electron chi connectivity index (χ3n) is 2.16. The first-order chi connectivity index (χ1) is 9.77. The van der Waals surface area contributed by atoms with E-state index in [4.69, 9.17) is 5.11 Å². The second kappa shape index (κ2) is 7.40. The summed E-state index contributed by atoms with van der Waals surface area (Å²) in [5.74, 6) is 2.00. The summed E-state index contributed by atoms with van der Waals surface area (Å²) in [5, 5.41) is 8.56. The van der Waals surface area contributed by atoms with Crippen LogP contribution in [0, 0.1) is 23.5 Å². The van der Waals surface area contributed by atoms with Gasteiger partial charge in [0.05, 0.1) is 18.7 Å². The minimum atomic E-state index is -4.61. The third kappa shape index (κ3) is 5.00. The van der Waals surface area contributed by atoms with E-state index in [1.807, 2.05) is 0 Å². The minimum absolute atomic E-state index is 0.0396. The largest absolute Gasteiger partial charge is 0.395 e. The van der Waals surface area contributed by atoms with Gasteiger partial charge in [-0.05, 0) is 6.07 Å². The van der Waals surface area contributed by atoms with Crippen LogP contribution < -0.4 is 4.72 Å². The van der Waals surface area contributed by atoms with Crippen molar-refractivity contribution in [2.24, 2.45) is 0 Å². The van der Waals surface area contributed by atoms with Crippen molar-refractivity contribution < 1.29 is 31.1 Å². The van der Waals surface area contributed by atoms with Crippen LogP contribution in [0.2, 0.25) is 0 Å². The van der Waals surface area contributed by atoms with E-state index in [0.717, 1.165) is 0 Å². The molecule has 0 heterocycles. The zero-order valence-corrected chi connectivity index (χ0v) is 11.4. The van der Waals surface area contributed by atoms with Crippen LogP contribution in [-0.2, 0) is 10.0 Å². The molecule has 0 aliphatic heterocycles. The van der Waals surface area contributed by atoms with E-state index in [1.54, 1.807) is 0 Å². The summed E-state index contributed by atoms with van der Waals surface area (Å²) in [6.07, 6.45) is -3.01. The van der Waals surface area contributed by atoms with Gasteiger partial charge in [0.15, 0.2) is 0 Å². The molecule has 0 saturated heterocycles. The fourth-order valence-electron chi connectivity index (χ4n) is 1.38. The highest BCUT2D eigenvalue weighted by Crippen LogP contribution is 2.21. The van der Waals surface area contributed by atoms with Gasteiger partial charge in [-0.3, -0.25) is 0 Å². The van der Waals surface area contributed by atoms with Crippen LogP contribution in [0.25, 0.3) is 0 Å². The van der Waals surface area contributed by atoms with Crippen LogP contribution in [0.1, 0.15) is 12.0 Å². The van der Waals surface area contributed by atoms with E-state index < -0.39 is 45.1 Å². The Morgan fingerprint density at radius 2 is 1.95 bits per heavy atom. The minimum Gasteiger partial charge on any atom is -0.395 e. The van der Waals surface area contributed by atoms with Gasteiger partial charge in [-0.2, -0.15) is 0 Å². The molecule has 0 fully saturated rings. The summed E-state index contributed by atoms with van der Waals surface area (Å²) in [5.41, 5.74) is -0.511. The summed E-state index contributed by atoms with van der Waals surface area (Å²) >= 11 is 0. The van der Waals surface area contributed by atoms with Crippen molar-refractivity contribution in [2.75, 3.05) is 13.2 Å². The predicted octanol–water partition coefficient (Wildman–Crippen LogP) is 1.24. The molecule has 2 N–H and O–H groups in total. The molecular weight excluding hydrogens is 314 g/mol. The molecule has 1 aromatic rings. The number of alkyl halides is 2. The Morgan fingerprint density at radius 3 is 2.52 bits per heavy atom.